The summed E-state index contributed by atoms with van der Waals surface area (Å²) in [7, 11) is 0. The van der Waals surface area contributed by atoms with Gasteiger partial charge in [0.05, 0.1) is 4.70 Å². The number of thiophene rings is 1. The lowest BCUT2D eigenvalue weighted by molar-refractivity contribution is 1.30. The number of hydrogen-bond acceptors (Lipinski definition) is 3. The number of pyridine rings is 2. The standard InChI is InChI=1S/C11H8N2OS/c1-6-4-9(14)13-11-10(6)7-2-3-12-5-8(7)15-11/h2-5H,1H3,(H,13,14). The predicted molar refractivity (Wildman–Crippen MR) is 62.5 cm³/mol. The molecule has 0 aliphatic rings. The van der Waals surface area contributed by atoms with Crippen molar-refractivity contribution in [3.8, 4) is 0 Å². The third-order valence-electron chi connectivity index (χ3n) is 2.47. The van der Waals surface area contributed by atoms with Crippen molar-refractivity contribution in [3.05, 3.63) is 40.4 Å². The van der Waals surface area contributed by atoms with Crippen molar-refractivity contribution in [2.45, 2.75) is 6.92 Å². The average molecular weight is 216 g/mol. The molecule has 0 amide bonds. The van der Waals surface area contributed by atoms with E-state index in [4.69, 9.17) is 0 Å². The summed E-state index contributed by atoms with van der Waals surface area (Å²) in [5, 5.41) is 2.30. The molecule has 0 saturated heterocycles. The van der Waals surface area contributed by atoms with Crippen LogP contribution in [0.5, 0.6) is 0 Å². The minimum atomic E-state index is -0.0421. The number of fused-ring (bicyclic) bond motifs is 3. The molecule has 0 fully saturated rings. The van der Waals surface area contributed by atoms with E-state index >= 15 is 0 Å². The molecular formula is C11H8N2OS. The second-order valence-electron chi connectivity index (χ2n) is 3.49. The molecule has 3 aromatic rings. The van der Waals surface area contributed by atoms with E-state index in [0.29, 0.717) is 0 Å². The number of nitrogens with one attached hydrogen (secondary N) is 1. The van der Waals surface area contributed by atoms with Crippen LogP contribution < -0.4 is 5.56 Å². The van der Waals surface area contributed by atoms with Gasteiger partial charge in [0.2, 0.25) is 5.56 Å². The summed E-state index contributed by atoms with van der Waals surface area (Å²) in [4.78, 5) is 19.2. The number of hydrogen-bond donors (Lipinski definition) is 1. The van der Waals surface area contributed by atoms with Crippen LogP contribution in [-0.4, -0.2) is 9.97 Å². The summed E-state index contributed by atoms with van der Waals surface area (Å²) in [6.07, 6.45) is 3.61. The fourth-order valence-electron chi connectivity index (χ4n) is 1.85. The molecule has 74 valence electrons. The van der Waals surface area contributed by atoms with E-state index < -0.39 is 0 Å². The molecular weight excluding hydrogens is 208 g/mol. The van der Waals surface area contributed by atoms with Gasteiger partial charge in [0.1, 0.15) is 4.83 Å². The summed E-state index contributed by atoms with van der Waals surface area (Å²) < 4.78 is 1.11. The predicted octanol–water partition coefficient (Wildman–Crippen LogP) is 2.45. The highest BCUT2D eigenvalue weighted by Gasteiger charge is 2.07. The van der Waals surface area contributed by atoms with Crippen LogP contribution in [0.25, 0.3) is 20.3 Å². The molecule has 3 rings (SSSR count). The van der Waals surface area contributed by atoms with Crippen LogP contribution in [-0.2, 0) is 0 Å². The molecule has 4 heteroatoms. The van der Waals surface area contributed by atoms with Crippen LogP contribution in [0, 0.1) is 6.92 Å². The monoisotopic (exact) mass is 216 g/mol. The van der Waals surface area contributed by atoms with Crippen LogP contribution >= 0.6 is 11.3 Å². The van der Waals surface area contributed by atoms with Gasteiger partial charge in [0.25, 0.3) is 0 Å². The van der Waals surface area contributed by atoms with Crippen LogP contribution in [0.4, 0.5) is 0 Å². The van der Waals surface area contributed by atoms with Gasteiger partial charge in [0.15, 0.2) is 0 Å². The topological polar surface area (TPSA) is 45.8 Å². The first-order chi connectivity index (χ1) is 7.25. The second kappa shape index (κ2) is 2.90. The fourth-order valence-corrected chi connectivity index (χ4v) is 2.99. The first kappa shape index (κ1) is 8.61. The lowest BCUT2D eigenvalue weighted by atomic mass is 10.1. The fraction of sp³-hybridized carbons (Fsp3) is 0.0909. The summed E-state index contributed by atoms with van der Waals surface area (Å²) in [6.45, 7) is 1.96. The Balaban J connectivity index is 2.67. The highest BCUT2D eigenvalue weighted by Crippen LogP contribution is 2.32. The SMILES string of the molecule is Cc1cc(=O)[nH]c2sc3cnccc3c12. The number of rotatable bonds is 0. The van der Waals surface area contributed by atoms with E-state index in [1.54, 1.807) is 23.6 Å². The molecule has 0 bridgehead atoms. The average Bonchev–Trinajstić information content (AvgIpc) is 2.54. The molecule has 3 nitrogen and oxygen atoms in total. The maximum Gasteiger partial charge on any atom is 0.249 e. The van der Waals surface area contributed by atoms with Crippen molar-refractivity contribution in [1.82, 2.24) is 9.97 Å². The quantitative estimate of drug-likeness (QED) is 0.627. The lowest BCUT2D eigenvalue weighted by Gasteiger charge is -1.95. The maximum atomic E-state index is 11.3. The number of aryl methyl sites for hydroxylation is 1. The zero-order valence-corrected chi connectivity index (χ0v) is 8.89. The third kappa shape index (κ3) is 1.18. The smallest absolute Gasteiger partial charge is 0.249 e. The van der Waals surface area contributed by atoms with Crippen molar-refractivity contribution >= 4 is 31.6 Å². The van der Waals surface area contributed by atoms with Crippen LogP contribution in [0.15, 0.2) is 29.3 Å². The van der Waals surface area contributed by atoms with Crippen LogP contribution in [0.2, 0.25) is 0 Å². The Bertz CT molecular complexity index is 711. The Morgan fingerprint density at radius 2 is 2.33 bits per heavy atom. The summed E-state index contributed by atoms with van der Waals surface area (Å²) in [6, 6.07) is 3.62. The normalized spacial score (nSPS) is 11.3. The molecule has 0 atom stereocenters. The van der Waals surface area contributed by atoms with Gasteiger partial charge in [-0.1, -0.05) is 0 Å². The van der Waals surface area contributed by atoms with Gasteiger partial charge in [0, 0.05) is 29.2 Å². The van der Waals surface area contributed by atoms with Crippen molar-refractivity contribution < 1.29 is 0 Å². The number of aromatic nitrogens is 2. The summed E-state index contributed by atoms with van der Waals surface area (Å²) >= 11 is 1.57. The van der Waals surface area contributed by atoms with E-state index in [0.717, 1.165) is 20.5 Å². The molecule has 0 aromatic carbocycles. The molecule has 3 heterocycles. The molecule has 0 aliphatic heterocycles. The lowest BCUT2D eigenvalue weighted by Crippen LogP contribution is -2.03. The van der Waals surface area contributed by atoms with Crippen molar-refractivity contribution in [1.29, 1.82) is 0 Å². The Morgan fingerprint density at radius 1 is 1.47 bits per heavy atom. The van der Waals surface area contributed by atoms with Gasteiger partial charge in [-0.2, -0.15) is 0 Å². The maximum absolute atomic E-state index is 11.3. The number of aromatic amines is 1. The summed E-state index contributed by atoms with van der Waals surface area (Å²) in [5.41, 5.74) is 0.978. The third-order valence-corrected chi connectivity index (χ3v) is 3.53. The van der Waals surface area contributed by atoms with Gasteiger partial charge in [-0.05, 0) is 18.6 Å². The van der Waals surface area contributed by atoms with E-state index in [1.807, 2.05) is 19.2 Å². The Kier molecular flexibility index (Phi) is 1.67. The number of nitrogens with zero attached hydrogens (tertiary/aromatic N) is 1. The van der Waals surface area contributed by atoms with Crippen molar-refractivity contribution in [2.24, 2.45) is 0 Å². The first-order valence-corrected chi connectivity index (χ1v) is 5.43. The van der Waals surface area contributed by atoms with Crippen molar-refractivity contribution in [3.63, 3.8) is 0 Å². The molecule has 15 heavy (non-hydrogen) atoms. The highest BCUT2D eigenvalue weighted by molar-refractivity contribution is 7.25. The van der Waals surface area contributed by atoms with E-state index in [2.05, 4.69) is 9.97 Å². The molecule has 0 radical (unpaired) electrons. The second-order valence-corrected chi connectivity index (χ2v) is 4.55. The van der Waals surface area contributed by atoms with E-state index in [9.17, 15) is 4.79 Å². The first-order valence-electron chi connectivity index (χ1n) is 4.62. The highest BCUT2D eigenvalue weighted by atomic mass is 32.1. The molecule has 0 spiro atoms. The van der Waals surface area contributed by atoms with Gasteiger partial charge in [-0.15, -0.1) is 11.3 Å². The van der Waals surface area contributed by atoms with E-state index in [-0.39, 0.29) is 5.56 Å². The zero-order chi connectivity index (χ0) is 10.4. The molecule has 1 N–H and O–H groups in total. The largest absolute Gasteiger partial charge is 0.314 e. The van der Waals surface area contributed by atoms with Gasteiger partial charge in [-0.3, -0.25) is 9.78 Å². The van der Waals surface area contributed by atoms with Crippen LogP contribution in [0.1, 0.15) is 5.56 Å². The van der Waals surface area contributed by atoms with Gasteiger partial charge in [-0.25, -0.2) is 0 Å². The molecule has 3 aromatic heterocycles. The number of H-pyrrole nitrogens is 1. The molecule has 0 aliphatic carbocycles. The minimum Gasteiger partial charge on any atom is -0.314 e. The van der Waals surface area contributed by atoms with Gasteiger partial charge < -0.3 is 4.98 Å². The summed E-state index contributed by atoms with van der Waals surface area (Å²) in [5.74, 6) is 0. The Labute approximate surface area is 89.4 Å². The molecule has 0 saturated carbocycles. The minimum absolute atomic E-state index is 0.0421. The van der Waals surface area contributed by atoms with Crippen molar-refractivity contribution in [2.75, 3.05) is 0 Å². The Hall–Kier alpha value is -1.68. The van der Waals surface area contributed by atoms with Gasteiger partial charge >= 0.3 is 0 Å². The van der Waals surface area contributed by atoms with Crippen LogP contribution in [0.3, 0.4) is 0 Å². The Morgan fingerprint density at radius 3 is 3.20 bits per heavy atom. The zero-order valence-electron chi connectivity index (χ0n) is 8.07. The molecule has 0 unspecified atom stereocenters. The van der Waals surface area contributed by atoms with E-state index in [1.165, 1.54) is 5.39 Å².